The highest BCUT2D eigenvalue weighted by Gasteiger charge is 2.45. The van der Waals surface area contributed by atoms with Gasteiger partial charge in [0, 0.05) is 12.6 Å². The first-order chi connectivity index (χ1) is 6.62. The lowest BCUT2D eigenvalue weighted by Crippen LogP contribution is -2.47. The van der Waals surface area contributed by atoms with Crippen LogP contribution in [-0.2, 0) is 0 Å². The second-order valence-electron chi connectivity index (χ2n) is 3.40. The van der Waals surface area contributed by atoms with E-state index < -0.39 is 22.8 Å². The monoisotopic (exact) mass is 197 g/mol. The smallest absolute Gasteiger partial charge is 0.200 e. The van der Waals surface area contributed by atoms with Gasteiger partial charge in [-0.15, -0.1) is 0 Å². The van der Waals surface area contributed by atoms with Gasteiger partial charge in [-0.25, -0.2) is 0 Å². The third-order valence-corrected chi connectivity index (χ3v) is 2.65. The van der Waals surface area contributed by atoms with Crippen LogP contribution in [0.5, 0.6) is 0 Å². The normalized spacial score (nSPS) is 30.6. The van der Waals surface area contributed by atoms with Gasteiger partial charge in [-0.3, -0.25) is 0 Å². The molecular formula is C9H11NO4. The minimum Gasteiger partial charge on any atom is -0.506 e. The van der Waals surface area contributed by atoms with E-state index in [0.29, 0.717) is 6.42 Å². The number of aliphatic hydroxyl groups is 4. The van der Waals surface area contributed by atoms with E-state index in [1.807, 2.05) is 0 Å². The van der Waals surface area contributed by atoms with E-state index >= 15 is 0 Å². The van der Waals surface area contributed by atoms with Crippen molar-refractivity contribution in [1.82, 2.24) is 4.90 Å². The molecule has 0 bridgehead atoms. The van der Waals surface area contributed by atoms with Crippen molar-refractivity contribution in [2.75, 3.05) is 6.61 Å². The van der Waals surface area contributed by atoms with Gasteiger partial charge in [0.25, 0.3) is 0 Å². The maximum absolute atomic E-state index is 9.66. The van der Waals surface area contributed by atoms with Gasteiger partial charge in [0.05, 0.1) is 12.8 Å². The van der Waals surface area contributed by atoms with Crippen LogP contribution in [0.1, 0.15) is 6.42 Å². The fourth-order valence-electron chi connectivity index (χ4n) is 1.75. The fraction of sp³-hybridized carbons (Fsp3) is 0.333. The zero-order chi connectivity index (χ0) is 10.3. The second-order valence-corrected chi connectivity index (χ2v) is 3.40. The highest BCUT2D eigenvalue weighted by atomic mass is 16.3. The molecule has 0 aromatic heterocycles. The summed E-state index contributed by atoms with van der Waals surface area (Å²) in [6, 6.07) is 0. The van der Waals surface area contributed by atoms with E-state index in [4.69, 9.17) is 0 Å². The van der Waals surface area contributed by atoms with Crippen LogP contribution in [0.3, 0.4) is 0 Å². The lowest BCUT2D eigenvalue weighted by Gasteiger charge is -2.37. The summed E-state index contributed by atoms with van der Waals surface area (Å²) in [5.41, 5.74) is -1.03. The van der Waals surface area contributed by atoms with Gasteiger partial charge in [-0.2, -0.15) is 0 Å². The molecule has 14 heavy (non-hydrogen) atoms. The van der Waals surface area contributed by atoms with Gasteiger partial charge in [0.15, 0.2) is 17.3 Å². The summed E-state index contributed by atoms with van der Waals surface area (Å²) in [5.74, 6) is -1.37. The number of fused-ring (bicyclic) bond motifs is 1. The zero-order valence-corrected chi connectivity index (χ0v) is 7.38. The highest BCUT2D eigenvalue weighted by molar-refractivity contribution is 5.37. The van der Waals surface area contributed by atoms with Crippen molar-refractivity contribution in [2.24, 2.45) is 0 Å². The third-order valence-electron chi connectivity index (χ3n) is 2.65. The van der Waals surface area contributed by atoms with E-state index in [2.05, 4.69) is 0 Å². The van der Waals surface area contributed by atoms with Gasteiger partial charge >= 0.3 is 0 Å². The number of aliphatic hydroxyl groups excluding tert-OH is 4. The average molecular weight is 197 g/mol. The number of hydrogen-bond acceptors (Lipinski definition) is 5. The summed E-state index contributed by atoms with van der Waals surface area (Å²) in [4.78, 5) is 1.48. The molecule has 5 nitrogen and oxygen atoms in total. The molecule has 0 saturated heterocycles. The molecule has 4 N–H and O–H groups in total. The van der Waals surface area contributed by atoms with Crippen LogP contribution in [0, 0.1) is 0 Å². The van der Waals surface area contributed by atoms with Crippen molar-refractivity contribution in [1.29, 1.82) is 0 Å². The van der Waals surface area contributed by atoms with Crippen LogP contribution in [0.15, 0.2) is 35.8 Å². The van der Waals surface area contributed by atoms with Crippen LogP contribution in [0.25, 0.3) is 0 Å². The molecule has 2 rings (SSSR count). The van der Waals surface area contributed by atoms with Gasteiger partial charge in [0.2, 0.25) is 0 Å². The summed E-state index contributed by atoms with van der Waals surface area (Å²) in [7, 11) is 0. The van der Waals surface area contributed by atoms with E-state index in [0.717, 1.165) is 0 Å². The molecule has 5 heteroatoms. The molecule has 0 unspecified atom stereocenters. The van der Waals surface area contributed by atoms with E-state index in [-0.39, 0.29) is 6.61 Å². The van der Waals surface area contributed by atoms with Crippen molar-refractivity contribution in [3.63, 3.8) is 0 Å². The van der Waals surface area contributed by atoms with Crippen molar-refractivity contribution in [3.8, 4) is 0 Å². The summed E-state index contributed by atoms with van der Waals surface area (Å²) in [6.45, 7) is -0.334. The summed E-state index contributed by atoms with van der Waals surface area (Å²) >= 11 is 0. The number of rotatable bonds is 1. The van der Waals surface area contributed by atoms with Crippen molar-refractivity contribution in [2.45, 2.75) is 12.0 Å². The molecular weight excluding hydrogens is 186 g/mol. The maximum Gasteiger partial charge on any atom is 0.200 e. The van der Waals surface area contributed by atoms with Gasteiger partial charge < -0.3 is 25.3 Å². The predicted molar refractivity (Wildman–Crippen MR) is 48.4 cm³/mol. The highest BCUT2D eigenvalue weighted by Crippen LogP contribution is 2.38. The molecule has 1 atom stereocenters. The minimum absolute atomic E-state index is 0.334. The zero-order valence-electron chi connectivity index (χ0n) is 7.38. The molecule has 0 aromatic carbocycles. The molecule has 0 amide bonds. The molecule has 2 aliphatic heterocycles. The lowest BCUT2D eigenvalue weighted by atomic mass is 9.91. The Bertz CT molecular complexity index is 358. The topological polar surface area (TPSA) is 84.2 Å². The van der Waals surface area contributed by atoms with E-state index in [9.17, 15) is 20.4 Å². The number of nitrogens with zero attached hydrogens (tertiary/aromatic N) is 1. The molecule has 0 fully saturated rings. The summed E-state index contributed by atoms with van der Waals surface area (Å²) in [6.07, 6.45) is 5.04. The first-order valence-corrected chi connectivity index (χ1v) is 4.21. The Hall–Kier alpha value is -1.62. The van der Waals surface area contributed by atoms with Gasteiger partial charge in [0.1, 0.15) is 5.54 Å². The average Bonchev–Trinajstić information content (AvgIpc) is 2.59. The molecule has 0 radical (unpaired) electrons. The Morgan fingerprint density at radius 1 is 1.36 bits per heavy atom. The van der Waals surface area contributed by atoms with Crippen LogP contribution in [0.4, 0.5) is 0 Å². The molecule has 2 aliphatic rings. The molecule has 0 spiro atoms. The standard InChI is InChI=1S/C9H11NO4/c11-5-9-2-1-3-10(9)4-6(12)7(13)8(9)14/h1,3-4,11-14H,2,5H2/t9-/m1/s1. The Labute approximate surface area is 80.5 Å². The third kappa shape index (κ3) is 0.871. The van der Waals surface area contributed by atoms with Crippen LogP contribution < -0.4 is 0 Å². The fourth-order valence-corrected chi connectivity index (χ4v) is 1.75. The first-order valence-electron chi connectivity index (χ1n) is 4.21. The quantitative estimate of drug-likeness (QED) is 0.496. The van der Waals surface area contributed by atoms with Crippen molar-refractivity contribution >= 4 is 0 Å². The summed E-state index contributed by atoms with van der Waals surface area (Å²) in [5, 5.41) is 37.5. The molecule has 0 aromatic rings. The minimum atomic E-state index is -1.03. The Morgan fingerprint density at radius 3 is 2.71 bits per heavy atom. The summed E-state index contributed by atoms with van der Waals surface area (Å²) < 4.78 is 0. The van der Waals surface area contributed by atoms with Crippen molar-refractivity contribution in [3.05, 3.63) is 35.8 Å². The molecule has 76 valence electrons. The SMILES string of the molecule is OC[C@@]12CC=CN1C=C(O)C(O)=C2O. The van der Waals surface area contributed by atoms with E-state index in [1.165, 1.54) is 11.1 Å². The van der Waals surface area contributed by atoms with Crippen LogP contribution in [0.2, 0.25) is 0 Å². The lowest BCUT2D eigenvalue weighted by molar-refractivity contribution is 0.0776. The van der Waals surface area contributed by atoms with Gasteiger partial charge in [-0.1, -0.05) is 6.08 Å². The Balaban J connectivity index is 2.52. The molecule has 2 heterocycles. The molecule has 0 saturated carbocycles. The second kappa shape index (κ2) is 2.68. The Morgan fingerprint density at radius 2 is 2.07 bits per heavy atom. The maximum atomic E-state index is 9.66. The molecule has 0 aliphatic carbocycles. The Kier molecular flexibility index (Phi) is 1.72. The van der Waals surface area contributed by atoms with Gasteiger partial charge in [-0.05, 0) is 0 Å². The van der Waals surface area contributed by atoms with E-state index in [1.54, 1.807) is 12.3 Å². The van der Waals surface area contributed by atoms with Crippen LogP contribution >= 0.6 is 0 Å². The largest absolute Gasteiger partial charge is 0.506 e. The first kappa shape index (κ1) is 8.96. The van der Waals surface area contributed by atoms with Crippen molar-refractivity contribution < 1.29 is 20.4 Å². The number of hydrogen-bond donors (Lipinski definition) is 4. The predicted octanol–water partition coefficient (Wildman–Crippen LogP) is 0.677. The van der Waals surface area contributed by atoms with Crippen LogP contribution in [-0.4, -0.2) is 37.5 Å².